The molecule has 5 nitrogen and oxygen atoms in total. The molecule has 2 heterocycles. The minimum Gasteiger partial charge on any atom is -0.486 e. The van der Waals surface area contributed by atoms with Crippen molar-refractivity contribution in [3.63, 3.8) is 0 Å². The normalized spacial score (nSPS) is 13.4. The number of rotatable bonds is 6. The fourth-order valence-electron chi connectivity index (χ4n) is 3.04. The van der Waals surface area contributed by atoms with Crippen LogP contribution in [-0.4, -0.2) is 10.9 Å². The first-order valence-electron chi connectivity index (χ1n) is 9.04. The van der Waals surface area contributed by atoms with Crippen molar-refractivity contribution >= 4 is 28.6 Å². The van der Waals surface area contributed by atoms with Crippen LogP contribution in [0.25, 0.3) is 0 Å². The Morgan fingerprint density at radius 1 is 1.15 bits per heavy atom. The summed E-state index contributed by atoms with van der Waals surface area (Å²) in [6, 6.07) is 15.9. The summed E-state index contributed by atoms with van der Waals surface area (Å²) in [7, 11) is 0. The molecule has 0 spiro atoms. The molecule has 0 fully saturated rings. The second-order valence-electron chi connectivity index (χ2n) is 6.46. The third kappa shape index (κ3) is 4.65. The molecule has 0 atom stereocenters. The number of nitrogens with one attached hydrogen (secondary N) is 2. The van der Waals surface area contributed by atoms with Crippen LogP contribution in [-0.2, 0) is 24.4 Å². The van der Waals surface area contributed by atoms with Gasteiger partial charge in [0.05, 0.1) is 12.2 Å². The first-order chi connectivity index (χ1) is 13.3. The molecule has 138 valence electrons. The Hall–Kier alpha value is -2.86. The third-order valence-corrected chi connectivity index (χ3v) is 5.28. The lowest BCUT2D eigenvalue weighted by molar-refractivity contribution is -0.116. The Morgan fingerprint density at radius 3 is 2.93 bits per heavy atom. The minimum absolute atomic E-state index is 0.0992. The number of amides is 1. The van der Waals surface area contributed by atoms with Gasteiger partial charge >= 0.3 is 0 Å². The van der Waals surface area contributed by atoms with Crippen molar-refractivity contribution in [2.24, 2.45) is 0 Å². The zero-order chi connectivity index (χ0) is 18.5. The maximum absolute atomic E-state index is 11.6. The van der Waals surface area contributed by atoms with Crippen LogP contribution in [0.1, 0.15) is 29.1 Å². The van der Waals surface area contributed by atoms with Crippen LogP contribution in [0.5, 0.6) is 5.75 Å². The number of benzene rings is 2. The Balaban J connectivity index is 1.33. The van der Waals surface area contributed by atoms with Crippen molar-refractivity contribution in [2.75, 3.05) is 10.6 Å². The van der Waals surface area contributed by atoms with Crippen molar-refractivity contribution in [1.29, 1.82) is 0 Å². The highest BCUT2D eigenvalue weighted by molar-refractivity contribution is 7.09. The average molecular weight is 379 g/mol. The highest BCUT2D eigenvalue weighted by Gasteiger charge is 2.13. The van der Waals surface area contributed by atoms with Crippen LogP contribution in [0, 0.1) is 0 Å². The molecule has 0 saturated heterocycles. The quantitative estimate of drug-likeness (QED) is 0.657. The molecule has 0 aliphatic carbocycles. The van der Waals surface area contributed by atoms with E-state index in [1.165, 1.54) is 5.56 Å². The summed E-state index contributed by atoms with van der Waals surface area (Å²) in [5.74, 6) is 0.951. The van der Waals surface area contributed by atoms with Crippen molar-refractivity contribution < 1.29 is 9.53 Å². The third-order valence-electron chi connectivity index (χ3n) is 4.41. The highest BCUT2D eigenvalue weighted by Crippen LogP contribution is 2.25. The fraction of sp³-hybridized carbons (Fsp3) is 0.238. The molecule has 2 aromatic carbocycles. The summed E-state index contributed by atoms with van der Waals surface area (Å²) < 4.78 is 5.74. The van der Waals surface area contributed by atoms with Gasteiger partial charge in [0.2, 0.25) is 5.91 Å². The lowest BCUT2D eigenvalue weighted by Crippen LogP contribution is -2.09. The molecule has 0 saturated carbocycles. The van der Waals surface area contributed by atoms with Crippen LogP contribution in [0.3, 0.4) is 0 Å². The maximum Gasteiger partial charge on any atom is 0.224 e. The van der Waals surface area contributed by atoms with E-state index >= 15 is 0 Å². The number of thiazole rings is 1. The molecular weight excluding hydrogens is 358 g/mol. The zero-order valence-electron chi connectivity index (χ0n) is 14.9. The molecule has 0 radical (unpaired) electrons. The smallest absolute Gasteiger partial charge is 0.224 e. The molecule has 1 aliphatic heterocycles. The van der Waals surface area contributed by atoms with Crippen LogP contribution >= 0.6 is 11.3 Å². The lowest BCUT2D eigenvalue weighted by Gasteiger charge is -2.10. The van der Waals surface area contributed by atoms with Gasteiger partial charge < -0.3 is 15.4 Å². The second kappa shape index (κ2) is 8.22. The number of hydrogen-bond donors (Lipinski definition) is 2. The number of fused-ring (bicyclic) bond motifs is 1. The van der Waals surface area contributed by atoms with Gasteiger partial charge in [0.15, 0.2) is 0 Å². The van der Waals surface area contributed by atoms with E-state index in [2.05, 4.69) is 27.1 Å². The van der Waals surface area contributed by atoms with Crippen LogP contribution < -0.4 is 15.4 Å². The van der Waals surface area contributed by atoms with Gasteiger partial charge in [-0.3, -0.25) is 4.79 Å². The Kier molecular flexibility index (Phi) is 5.34. The SMILES string of the molecule is O=C1CCCc2cc(NCc3csc(COc4ccccc4)n3)ccc2N1. The average Bonchev–Trinajstić information content (AvgIpc) is 3.06. The summed E-state index contributed by atoms with van der Waals surface area (Å²) in [6.45, 7) is 1.14. The summed E-state index contributed by atoms with van der Waals surface area (Å²) in [5, 5.41) is 9.40. The zero-order valence-corrected chi connectivity index (χ0v) is 15.7. The van der Waals surface area contributed by atoms with Crippen LogP contribution in [0.4, 0.5) is 11.4 Å². The number of anilines is 2. The van der Waals surface area contributed by atoms with Gasteiger partial charge in [0, 0.05) is 23.2 Å². The Morgan fingerprint density at radius 2 is 2.04 bits per heavy atom. The van der Waals surface area contributed by atoms with Gasteiger partial charge in [-0.15, -0.1) is 11.3 Å². The number of aryl methyl sites for hydroxylation is 1. The van der Waals surface area contributed by atoms with Crippen LogP contribution in [0.2, 0.25) is 0 Å². The molecule has 2 N–H and O–H groups in total. The first-order valence-corrected chi connectivity index (χ1v) is 9.92. The fourth-order valence-corrected chi connectivity index (χ4v) is 3.74. The van der Waals surface area contributed by atoms with Crippen molar-refractivity contribution in [3.05, 3.63) is 70.2 Å². The largest absolute Gasteiger partial charge is 0.486 e. The molecule has 1 aliphatic rings. The van der Waals surface area contributed by atoms with Gasteiger partial charge in [-0.2, -0.15) is 0 Å². The van der Waals surface area contributed by atoms with Gasteiger partial charge in [0.1, 0.15) is 17.4 Å². The number of carbonyl (C=O) groups excluding carboxylic acids is 1. The molecule has 3 aromatic rings. The molecule has 1 aromatic heterocycles. The van der Waals surface area contributed by atoms with E-state index in [4.69, 9.17) is 4.74 Å². The molecule has 27 heavy (non-hydrogen) atoms. The number of para-hydroxylation sites is 1. The van der Waals surface area contributed by atoms with Crippen molar-refractivity contribution in [3.8, 4) is 5.75 Å². The van der Waals surface area contributed by atoms with Crippen molar-refractivity contribution in [2.45, 2.75) is 32.4 Å². The Labute approximate surface area is 162 Å². The molecule has 0 unspecified atom stereocenters. The number of carbonyl (C=O) groups is 1. The van der Waals surface area contributed by atoms with E-state index in [1.54, 1.807) is 11.3 Å². The Bertz CT molecular complexity index is 924. The van der Waals surface area contributed by atoms with Crippen LogP contribution in [0.15, 0.2) is 53.9 Å². The molecule has 1 amide bonds. The summed E-state index contributed by atoms with van der Waals surface area (Å²) >= 11 is 1.61. The van der Waals surface area contributed by atoms with Gasteiger partial charge in [-0.25, -0.2) is 4.98 Å². The van der Waals surface area contributed by atoms with E-state index in [0.717, 1.165) is 40.7 Å². The monoisotopic (exact) mass is 379 g/mol. The minimum atomic E-state index is 0.0992. The van der Waals surface area contributed by atoms with E-state index in [0.29, 0.717) is 19.6 Å². The topological polar surface area (TPSA) is 63.2 Å². The summed E-state index contributed by atoms with van der Waals surface area (Å²) in [5.41, 5.74) is 4.15. The van der Waals surface area contributed by atoms with Crippen molar-refractivity contribution in [1.82, 2.24) is 4.98 Å². The van der Waals surface area contributed by atoms with Gasteiger partial charge in [-0.1, -0.05) is 18.2 Å². The summed E-state index contributed by atoms with van der Waals surface area (Å²) in [6.07, 6.45) is 2.39. The van der Waals surface area contributed by atoms with Gasteiger partial charge in [0.25, 0.3) is 0 Å². The predicted molar refractivity (Wildman–Crippen MR) is 108 cm³/mol. The molecular formula is C21H21N3O2S. The maximum atomic E-state index is 11.6. The second-order valence-corrected chi connectivity index (χ2v) is 7.40. The molecule has 6 heteroatoms. The number of aromatic nitrogens is 1. The standard InChI is InChI=1S/C21H21N3O2S/c25-20-8-4-5-15-11-16(9-10-19(15)24-20)22-12-17-14-27-21(23-17)13-26-18-6-2-1-3-7-18/h1-3,6-7,9-11,14,22H,4-5,8,12-13H2,(H,24,25). The first kappa shape index (κ1) is 17.5. The van der Waals surface area contributed by atoms with E-state index in [-0.39, 0.29) is 5.91 Å². The number of nitrogens with zero attached hydrogens (tertiary/aromatic N) is 1. The van der Waals surface area contributed by atoms with E-state index < -0.39 is 0 Å². The van der Waals surface area contributed by atoms with E-state index in [1.807, 2.05) is 42.5 Å². The summed E-state index contributed by atoms with van der Waals surface area (Å²) in [4.78, 5) is 16.3. The molecule has 4 rings (SSSR count). The number of hydrogen-bond acceptors (Lipinski definition) is 5. The van der Waals surface area contributed by atoms with E-state index in [9.17, 15) is 4.79 Å². The molecule has 0 bridgehead atoms. The number of ether oxygens (including phenoxy) is 1. The predicted octanol–water partition coefficient (Wildman–Crippen LogP) is 4.61. The highest BCUT2D eigenvalue weighted by atomic mass is 32.1. The van der Waals surface area contributed by atoms with Gasteiger partial charge in [-0.05, 0) is 48.7 Å². The lowest BCUT2D eigenvalue weighted by atomic mass is 10.1.